The van der Waals surface area contributed by atoms with Crippen LogP contribution in [-0.4, -0.2) is 36.3 Å². The van der Waals surface area contributed by atoms with Crippen molar-refractivity contribution in [1.82, 2.24) is 4.98 Å². The van der Waals surface area contributed by atoms with Crippen LogP contribution in [0.1, 0.15) is 29.6 Å². The predicted octanol–water partition coefficient (Wildman–Crippen LogP) is 2.66. The van der Waals surface area contributed by atoms with Crippen molar-refractivity contribution >= 4 is 23.4 Å². The van der Waals surface area contributed by atoms with Gasteiger partial charge in [0.2, 0.25) is 0 Å². The number of hydrogen-bond acceptors (Lipinski definition) is 4. The summed E-state index contributed by atoms with van der Waals surface area (Å²) in [5.41, 5.74) is 0.349. The van der Waals surface area contributed by atoms with E-state index < -0.39 is 5.97 Å². The van der Waals surface area contributed by atoms with E-state index in [1.807, 2.05) is 0 Å². The Bertz CT molecular complexity index is 475. The van der Waals surface area contributed by atoms with Crippen molar-refractivity contribution in [1.29, 1.82) is 0 Å². The molecule has 1 aromatic heterocycles. The summed E-state index contributed by atoms with van der Waals surface area (Å²) in [5.74, 6) is -0.499. The summed E-state index contributed by atoms with van der Waals surface area (Å²) in [6.45, 7) is 1.53. The minimum absolute atomic E-state index is 0.0703. The van der Waals surface area contributed by atoms with Gasteiger partial charge in [-0.25, -0.2) is 9.78 Å². The lowest BCUT2D eigenvalue weighted by Gasteiger charge is -2.16. The minimum Gasteiger partial charge on any atom is -0.478 e. The first-order valence-corrected chi connectivity index (χ1v) is 6.56. The molecule has 1 aliphatic rings. The third-order valence-corrected chi connectivity index (χ3v) is 3.83. The van der Waals surface area contributed by atoms with Crippen LogP contribution in [0.3, 0.4) is 0 Å². The Hall–Kier alpha value is -1.33. The van der Waals surface area contributed by atoms with E-state index in [2.05, 4.69) is 10.3 Å². The quantitative estimate of drug-likeness (QED) is 0.805. The molecular weight excluding hydrogens is 268 g/mol. The molecule has 1 fully saturated rings. The molecule has 0 radical (unpaired) electrons. The third-order valence-electron chi connectivity index (χ3n) is 3.52. The van der Waals surface area contributed by atoms with Crippen molar-refractivity contribution in [2.45, 2.75) is 19.3 Å². The highest BCUT2D eigenvalue weighted by Crippen LogP contribution is 2.48. The summed E-state index contributed by atoms with van der Waals surface area (Å²) in [7, 11) is 1.70. The number of rotatable bonds is 7. The second-order valence-corrected chi connectivity index (χ2v) is 5.36. The fourth-order valence-electron chi connectivity index (χ4n) is 1.99. The molecule has 0 spiro atoms. The first-order chi connectivity index (χ1) is 9.06. The van der Waals surface area contributed by atoms with Crippen molar-refractivity contribution in [3.8, 4) is 0 Å². The third kappa shape index (κ3) is 3.58. The zero-order valence-corrected chi connectivity index (χ0v) is 11.5. The summed E-state index contributed by atoms with van der Waals surface area (Å²) < 4.78 is 5.10. The monoisotopic (exact) mass is 284 g/mol. The van der Waals surface area contributed by atoms with Crippen LogP contribution in [0.25, 0.3) is 0 Å². The molecule has 104 valence electrons. The number of carboxylic acids is 1. The van der Waals surface area contributed by atoms with E-state index in [-0.39, 0.29) is 16.0 Å². The Labute approximate surface area is 116 Å². The number of ether oxygens (including phenoxy) is 1. The first-order valence-electron chi connectivity index (χ1n) is 6.18. The molecular formula is C13H17ClN2O3. The Balaban J connectivity index is 1.96. The highest BCUT2D eigenvalue weighted by Gasteiger charge is 2.41. The molecule has 1 saturated carbocycles. The van der Waals surface area contributed by atoms with Gasteiger partial charge in [0.05, 0.1) is 10.6 Å². The summed E-state index contributed by atoms with van der Waals surface area (Å²) in [4.78, 5) is 15.1. The summed E-state index contributed by atoms with van der Waals surface area (Å²) in [6, 6.07) is 1.47. The van der Waals surface area contributed by atoms with Crippen molar-refractivity contribution in [3.05, 3.63) is 22.8 Å². The smallest absolute Gasteiger partial charge is 0.337 e. The van der Waals surface area contributed by atoms with E-state index in [0.717, 1.165) is 19.6 Å². The first kappa shape index (κ1) is 14.1. The second kappa shape index (κ2) is 5.75. The molecule has 0 saturated heterocycles. The van der Waals surface area contributed by atoms with Crippen molar-refractivity contribution in [3.63, 3.8) is 0 Å². The maximum Gasteiger partial charge on any atom is 0.337 e. The number of nitrogens with one attached hydrogen (secondary N) is 1. The topological polar surface area (TPSA) is 71.5 Å². The number of halogens is 1. The second-order valence-electron chi connectivity index (χ2n) is 4.95. The van der Waals surface area contributed by atoms with E-state index in [9.17, 15) is 4.79 Å². The van der Waals surface area contributed by atoms with Crippen LogP contribution in [0.15, 0.2) is 12.3 Å². The van der Waals surface area contributed by atoms with Gasteiger partial charge in [0.15, 0.2) is 0 Å². The van der Waals surface area contributed by atoms with Gasteiger partial charge in [-0.05, 0) is 30.7 Å². The van der Waals surface area contributed by atoms with Gasteiger partial charge in [-0.2, -0.15) is 0 Å². The molecule has 0 unspecified atom stereocenters. The lowest BCUT2D eigenvalue weighted by molar-refractivity contribution is 0.0697. The van der Waals surface area contributed by atoms with E-state index in [4.69, 9.17) is 21.4 Å². The summed E-state index contributed by atoms with van der Waals surface area (Å²) in [5, 5.41) is 12.3. The minimum atomic E-state index is -1.05. The highest BCUT2D eigenvalue weighted by atomic mass is 35.5. The number of hydrogen-bond donors (Lipinski definition) is 2. The van der Waals surface area contributed by atoms with Gasteiger partial charge >= 0.3 is 5.97 Å². The molecule has 0 aromatic carbocycles. The van der Waals surface area contributed by atoms with E-state index in [1.54, 1.807) is 7.11 Å². The summed E-state index contributed by atoms with van der Waals surface area (Å²) in [6.07, 6.45) is 4.71. The average molecular weight is 285 g/mol. The number of nitrogens with zero attached hydrogens (tertiary/aromatic N) is 1. The molecule has 2 N–H and O–H groups in total. The average Bonchev–Trinajstić information content (AvgIpc) is 3.16. The Kier molecular flexibility index (Phi) is 4.27. The number of carbonyl (C=O) groups is 1. The Morgan fingerprint density at radius 2 is 2.37 bits per heavy atom. The molecule has 0 aliphatic heterocycles. The molecule has 19 heavy (non-hydrogen) atoms. The molecule has 2 rings (SSSR count). The zero-order valence-electron chi connectivity index (χ0n) is 10.8. The van der Waals surface area contributed by atoms with Gasteiger partial charge in [-0.1, -0.05) is 11.6 Å². The molecule has 5 nitrogen and oxygen atoms in total. The molecule has 1 aromatic rings. The molecule has 6 heteroatoms. The highest BCUT2D eigenvalue weighted by molar-refractivity contribution is 6.33. The fraction of sp³-hybridized carbons (Fsp3) is 0.538. The van der Waals surface area contributed by atoms with Crippen LogP contribution in [0, 0.1) is 5.41 Å². The molecule has 1 aliphatic carbocycles. The normalized spacial score (nSPS) is 16.1. The number of aromatic nitrogens is 1. The van der Waals surface area contributed by atoms with Crippen molar-refractivity contribution < 1.29 is 14.6 Å². The summed E-state index contributed by atoms with van der Waals surface area (Å²) >= 11 is 5.77. The van der Waals surface area contributed by atoms with Crippen molar-refractivity contribution in [2.24, 2.45) is 5.41 Å². The van der Waals surface area contributed by atoms with E-state index in [0.29, 0.717) is 5.82 Å². The van der Waals surface area contributed by atoms with Gasteiger partial charge in [0, 0.05) is 26.5 Å². The molecule has 0 amide bonds. The van der Waals surface area contributed by atoms with Crippen LogP contribution >= 0.6 is 11.6 Å². The van der Waals surface area contributed by atoms with Gasteiger partial charge < -0.3 is 15.2 Å². The maximum absolute atomic E-state index is 11.0. The molecule has 1 heterocycles. The molecule has 0 bridgehead atoms. The predicted molar refractivity (Wildman–Crippen MR) is 72.9 cm³/mol. The Morgan fingerprint density at radius 3 is 2.95 bits per heavy atom. The number of anilines is 1. The number of pyridine rings is 1. The van der Waals surface area contributed by atoms with E-state index in [1.165, 1.54) is 25.1 Å². The van der Waals surface area contributed by atoms with Crippen LogP contribution in [0.4, 0.5) is 5.82 Å². The lowest BCUT2D eigenvalue weighted by Crippen LogP contribution is -2.18. The lowest BCUT2D eigenvalue weighted by atomic mass is 10.0. The van der Waals surface area contributed by atoms with Crippen LogP contribution in [0.5, 0.6) is 0 Å². The standard InChI is InChI=1S/C13H17ClN2O3/c1-19-5-4-13(2-3-13)8-16-11-6-9(12(17)18)10(14)7-15-11/h6-7H,2-5,8H2,1H3,(H,15,16)(H,17,18). The van der Waals surface area contributed by atoms with Crippen LogP contribution in [0.2, 0.25) is 5.02 Å². The van der Waals surface area contributed by atoms with Gasteiger partial charge in [-0.3, -0.25) is 0 Å². The van der Waals surface area contributed by atoms with Gasteiger partial charge in [-0.15, -0.1) is 0 Å². The molecule has 0 atom stereocenters. The van der Waals surface area contributed by atoms with Crippen LogP contribution in [-0.2, 0) is 4.74 Å². The van der Waals surface area contributed by atoms with Crippen molar-refractivity contribution in [2.75, 3.05) is 25.6 Å². The maximum atomic E-state index is 11.0. The zero-order chi connectivity index (χ0) is 13.9. The largest absolute Gasteiger partial charge is 0.478 e. The Morgan fingerprint density at radius 1 is 1.63 bits per heavy atom. The van der Waals surface area contributed by atoms with Gasteiger partial charge in [0.1, 0.15) is 5.82 Å². The van der Waals surface area contributed by atoms with E-state index >= 15 is 0 Å². The number of methoxy groups -OCH3 is 1. The number of carboxylic acid groups (broad SMARTS) is 1. The van der Waals surface area contributed by atoms with Gasteiger partial charge in [0.25, 0.3) is 0 Å². The SMILES string of the molecule is COCCC1(CNc2cc(C(=O)O)c(Cl)cn2)CC1. The number of aromatic carboxylic acids is 1. The van der Waals surface area contributed by atoms with Crippen LogP contribution < -0.4 is 5.32 Å². The fourth-order valence-corrected chi connectivity index (χ4v) is 2.17.